The molecule has 130 valence electrons. The van der Waals surface area contributed by atoms with Crippen molar-refractivity contribution < 1.29 is 14.3 Å². The van der Waals surface area contributed by atoms with Crippen molar-refractivity contribution in [2.75, 3.05) is 6.54 Å². The maximum atomic E-state index is 12.4. The Morgan fingerprint density at radius 1 is 1.36 bits per heavy atom. The van der Waals surface area contributed by atoms with Crippen LogP contribution in [-0.4, -0.2) is 37.8 Å². The van der Waals surface area contributed by atoms with Gasteiger partial charge in [-0.1, -0.05) is 6.07 Å². The molecule has 1 atom stereocenters. The zero-order valence-corrected chi connectivity index (χ0v) is 14.2. The summed E-state index contributed by atoms with van der Waals surface area (Å²) >= 11 is 0. The van der Waals surface area contributed by atoms with Crippen LogP contribution in [0.1, 0.15) is 34.4 Å². The summed E-state index contributed by atoms with van der Waals surface area (Å²) in [6.07, 6.45) is 1.45. The molecule has 1 aromatic carbocycles. The van der Waals surface area contributed by atoms with Crippen LogP contribution < -0.4 is 5.32 Å². The average Bonchev–Trinajstić information content (AvgIpc) is 3.22. The molecular formula is C17H19N5O3. The van der Waals surface area contributed by atoms with Gasteiger partial charge < -0.3 is 14.8 Å². The van der Waals surface area contributed by atoms with Crippen LogP contribution >= 0.6 is 0 Å². The summed E-state index contributed by atoms with van der Waals surface area (Å²) in [6.45, 7) is 5.30. The van der Waals surface area contributed by atoms with Crippen molar-refractivity contribution in [1.82, 2.24) is 25.5 Å². The Morgan fingerprint density at radius 3 is 2.80 bits per heavy atom. The van der Waals surface area contributed by atoms with E-state index >= 15 is 0 Å². The SMILES string of the molecule is Cc1cc(C(C)(O)CNC(=O)c2cccc(-n3cnnn3)c2)c(C)o1. The van der Waals surface area contributed by atoms with E-state index in [1.807, 2.05) is 6.92 Å². The summed E-state index contributed by atoms with van der Waals surface area (Å²) in [4.78, 5) is 12.4. The van der Waals surface area contributed by atoms with E-state index in [4.69, 9.17) is 4.42 Å². The van der Waals surface area contributed by atoms with Gasteiger partial charge in [-0.25, -0.2) is 4.68 Å². The monoisotopic (exact) mass is 341 g/mol. The van der Waals surface area contributed by atoms with Gasteiger partial charge in [0.1, 0.15) is 23.4 Å². The Kier molecular flexibility index (Phi) is 4.37. The van der Waals surface area contributed by atoms with Crippen LogP contribution in [0, 0.1) is 13.8 Å². The number of rotatable bonds is 5. The van der Waals surface area contributed by atoms with Gasteiger partial charge in [0, 0.05) is 11.1 Å². The molecule has 0 saturated heterocycles. The fourth-order valence-corrected chi connectivity index (χ4v) is 2.68. The molecule has 2 N–H and O–H groups in total. The highest BCUT2D eigenvalue weighted by molar-refractivity contribution is 5.94. The van der Waals surface area contributed by atoms with Gasteiger partial charge in [-0.2, -0.15) is 0 Å². The van der Waals surface area contributed by atoms with Crippen LogP contribution in [-0.2, 0) is 5.60 Å². The van der Waals surface area contributed by atoms with Gasteiger partial charge >= 0.3 is 0 Å². The zero-order chi connectivity index (χ0) is 18.0. The first-order valence-corrected chi connectivity index (χ1v) is 7.78. The van der Waals surface area contributed by atoms with Gasteiger partial charge in [0.15, 0.2) is 0 Å². The predicted octanol–water partition coefficient (Wildman–Crippen LogP) is 1.51. The first-order chi connectivity index (χ1) is 11.9. The smallest absolute Gasteiger partial charge is 0.251 e. The number of carbonyl (C=O) groups excluding carboxylic acids is 1. The number of aliphatic hydroxyl groups is 1. The number of tetrazole rings is 1. The molecule has 8 nitrogen and oxygen atoms in total. The van der Waals surface area contributed by atoms with Gasteiger partial charge in [-0.3, -0.25) is 4.79 Å². The lowest BCUT2D eigenvalue weighted by molar-refractivity contribution is 0.0514. The second-order valence-corrected chi connectivity index (χ2v) is 6.09. The number of aryl methyl sites for hydroxylation is 2. The number of furan rings is 1. The van der Waals surface area contributed by atoms with E-state index in [1.165, 1.54) is 11.0 Å². The van der Waals surface area contributed by atoms with Gasteiger partial charge in [0.2, 0.25) is 0 Å². The summed E-state index contributed by atoms with van der Waals surface area (Å²) in [6, 6.07) is 8.67. The molecule has 0 bridgehead atoms. The van der Waals surface area contributed by atoms with Crippen LogP contribution in [0.2, 0.25) is 0 Å². The van der Waals surface area contributed by atoms with Crippen molar-refractivity contribution in [2.24, 2.45) is 0 Å². The average molecular weight is 341 g/mol. The van der Waals surface area contributed by atoms with E-state index < -0.39 is 5.60 Å². The maximum absolute atomic E-state index is 12.4. The Labute approximate surface area is 144 Å². The maximum Gasteiger partial charge on any atom is 0.251 e. The fraction of sp³-hybridized carbons (Fsp3) is 0.294. The summed E-state index contributed by atoms with van der Waals surface area (Å²) in [5, 5.41) is 24.4. The van der Waals surface area contributed by atoms with E-state index in [0.717, 1.165) is 0 Å². The number of nitrogens with zero attached hydrogens (tertiary/aromatic N) is 4. The quantitative estimate of drug-likeness (QED) is 0.728. The third-order valence-corrected chi connectivity index (χ3v) is 3.94. The zero-order valence-electron chi connectivity index (χ0n) is 14.2. The summed E-state index contributed by atoms with van der Waals surface area (Å²) in [5.74, 6) is 1.05. The molecule has 0 spiro atoms. The molecule has 0 radical (unpaired) electrons. The molecule has 0 aliphatic heterocycles. The Bertz CT molecular complexity index is 884. The molecular weight excluding hydrogens is 322 g/mol. The highest BCUT2D eigenvalue weighted by Crippen LogP contribution is 2.26. The van der Waals surface area contributed by atoms with Gasteiger partial charge in [-0.15, -0.1) is 5.10 Å². The predicted molar refractivity (Wildman–Crippen MR) is 89.2 cm³/mol. The minimum atomic E-state index is -1.23. The largest absolute Gasteiger partial charge is 0.466 e. The minimum Gasteiger partial charge on any atom is -0.466 e. The molecule has 0 aliphatic rings. The summed E-state index contributed by atoms with van der Waals surface area (Å²) in [5.41, 5.74) is 0.549. The van der Waals surface area contributed by atoms with Crippen molar-refractivity contribution in [2.45, 2.75) is 26.4 Å². The number of amides is 1. The third-order valence-electron chi connectivity index (χ3n) is 3.94. The van der Waals surface area contributed by atoms with Crippen LogP contribution in [0.3, 0.4) is 0 Å². The summed E-state index contributed by atoms with van der Waals surface area (Å²) < 4.78 is 6.92. The van der Waals surface area contributed by atoms with Crippen molar-refractivity contribution >= 4 is 5.91 Å². The van der Waals surface area contributed by atoms with Gasteiger partial charge in [0.05, 0.1) is 12.2 Å². The molecule has 2 aromatic heterocycles. The van der Waals surface area contributed by atoms with Crippen molar-refractivity contribution in [3.63, 3.8) is 0 Å². The number of hydrogen-bond donors (Lipinski definition) is 2. The lowest BCUT2D eigenvalue weighted by Gasteiger charge is -2.23. The number of hydrogen-bond acceptors (Lipinski definition) is 6. The van der Waals surface area contributed by atoms with Crippen molar-refractivity contribution in [3.05, 3.63) is 59.3 Å². The lowest BCUT2D eigenvalue weighted by atomic mass is 9.96. The fourth-order valence-electron chi connectivity index (χ4n) is 2.68. The van der Waals surface area contributed by atoms with Crippen LogP contribution in [0.15, 0.2) is 41.1 Å². The Morgan fingerprint density at radius 2 is 2.16 bits per heavy atom. The highest BCUT2D eigenvalue weighted by Gasteiger charge is 2.28. The van der Waals surface area contributed by atoms with E-state index in [2.05, 4.69) is 20.8 Å². The molecule has 0 fully saturated rings. The molecule has 1 unspecified atom stereocenters. The molecule has 3 rings (SSSR count). The van der Waals surface area contributed by atoms with E-state index in [0.29, 0.717) is 28.3 Å². The first-order valence-electron chi connectivity index (χ1n) is 7.78. The van der Waals surface area contributed by atoms with Crippen molar-refractivity contribution in [3.8, 4) is 5.69 Å². The van der Waals surface area contributed by atoms with E-state index in [9.17, 15) is 9.90 Å². The first kappa shape index (κ1) is 16.8. The molecule has 0 aliphatic carbocycles. The Hall–Kier alpha value is -3.00. The second kappa shape index (κ2) is 6.48. The molecule has 25 heavy (non-hydrogen) atoms. The van der Waals surface area contributed by atoms with Crippen LogP contribution in [0.5, 0.6) is 0 Å². The van der Waals surface area contributed by atoms with E-state index in [1.54, 1.807) is 44.2 Å². The molecule has 3 aromatic rings. The minimum absolute atomic E-state index is 0.0563. The van der Waals surface area contributed by atoms with Crippen LogP contribution in [0.4, 0.5) is 0 Å². The normalized spacial score (nSPS) is 13.4. The van der Waals surface area contributed by atoms with Crippen molar-refractivity contribution in [1.29, 1.82) is 0 Å². The molecule has 2 heterocycles. The number of benzene rings is 1. The molecule has 0 saturated carbocycles. The lowest BCUT2D eigenvalue weighted by Crippen LogP contribution is -2.38. The van der Waals surface area contributed by atoms with Gasteiger partial charge in [-0.05, 0) is 55.5 Å². The summed E-state index contributed by atoms with van der Waals surface area (Å²) in [7, 11) is 0. The third kappa shape index (κ3) is 3.58. The van der Waals surface area contributed by atoms with Gasteiger partial charge in [0.25, 0.3) is 5.91 Å². The molecule has 8 heteroatoms. The number of nitrogens with one attached hydrogen (secondary N) is 1. The van der Waals surface area contributed by atoms with E-state index in [-0.39, 0.29) is 12.5 Å². The molecule has 1 amide bonds. The topological polar surface area (TPSA) is 106 Å². The number of carbonyl (C=O) groups is 1. The highest BCUT2D eigenvalue weighted by atomic mass is 16.3. The van der Waals surface area contributed by atoms with Crippen LogP contribution in [0.25, 0.3) is 5.69 Å². The standard InChI is InChI=1S/C17H19N5O3/c1-11-7-15(12(2)25-11)17(3,24)9-18-16(23)13-5-4-6-14(8-13)22-10-19-20-21-22/h4-8,10,24H,9H2,1-3H3,(H,18,23). The number of aromatic nitrogens is 4. The Balaban J connectivity index is 1.72. The second-order valence-electron chi connectivity index (χ2n) is 6.09.